The first-order valence-corrected chi connectivity index (χ1v) is 27.4. The normalized spacial score (nSPS) is 17.5. The molecule has 0 bridgehead atoms. The molecule has 2 aliphatic heterocycles. The van der Waals surface area contributed by atoms with E-state index in [1.54, 1.807) is 0 Å². The van der Waals surface area contributed by atoms with Crippen LogP contribution in [-0.4, -0.2) is 20.8 Å². The van der Waals surface area contributed by atoms with Gasteiger partial charge < -0.3 is 19.4 Å². The van der Waals surface area contributed by atoms with Crippen molar-refractivity contribution in [3.05, 3.63) is 277 Å². The highest BCUT2D eigenvalue weighted by molar-refractivity contribution is 6.14. The summed E-state index contributed by atoms with van der Waals surface area (Å²) >= 11 is 0. The number of hydrogen-bond acceptors (Lipinski definition) is 4. The number of nitrogens with one attached hydrogen (secondary N) is 1. The zero-order chi connectivity index (χ0) is 51.9. The van der Waals surface area contributed by atoms with Gasteiger partial charge in [0, 0.05) is 54.9 Å². The Morgan fingerprint density at radius 3 is 1.76 bits per heavy atom. The monoisotopic (exact) mass is 1000 g/mol. The van der Waals surface area contributed by atoms with Gasteiger partial charge in [-0.2, -0.15) is 0 Å². The minimum atomic E-state index is -0.368. The van der Waals surface area contributed by atoms with Gasteiger partial charge in [-0.1, -0.05) is 166 Å². The summed E-state index contributed by atoms with van der Waals surface area (Å²) in [5, 5.41) is 8.75. The Balaban J connectivity index is 0.863. The first kappa shape index (κ1) is 45.8. The lowest BCUT2D eigenvalue weighted by Crippen LogP contribution is -2.34. The fourth-order valence-electron chi connectivity index (χ4n) is 12.8. The number of para-hydroxylation sites is 3. The zero-order valence-electron chi connectivity index (χ0n) is 43.7. The highest BCUT2D eigenvalue weighted by Crippen LogP contribution is 2.54. The van der Waals surface area contributed by atoms with Gasteiger partial charge in [0.15, 0.2) is 5.84 Å². The van der Waals surface area contributed by atoms with Crippen molar-refractivity contribution in [3.63, 3.8) is 0 Å². The molecular formula is C72H56N6. The van der Waals surface area contributed by atoms with E-state index in [1.807, 2.05) is 0 Å². The summed E-state index contributed by atoms with van der Waals surface area (Å²) in [5.74, 6) is 1.62. The fourth-order valence-corrected chi connectivity index (χ4v) is 12.8. The van der Waals surface area contributed by atoms with Crippen molar-refractivity contribution in [1.82, 2.24) is 14.5 Å². The molecule has 0 saturated heterocycles. The Labute approximate surface area is 454 Å². The third kappa shape index (κ3) is 7.54. The van der Waals surface area contributed by atoms with Gasteiger partial charge in [0.05, 0.1) is 28.5 Å². The van der Waals surface area contributed by atoms with Gasteiger partial charge in [-0.15, -0.1) is 0 Å². The largest absolute Gasteiger partial charge is 0.344 e. The number of fused-ring (bicyclic) bond motifs is 8. The maximum Gasteiger partial charge on any atom is 0.155 e. The van der Waals surface area contributed by atoms with E-state index in [2.05, 4.69) is 282 Å². The van der Waals surface area contributed by atoms with Crippen LogP contribution in [0.5, 0.6) is 0 Å². The molecule has 6 nitrogen and oxygen atoms in total. The van der Waals surface area contributed by atoms with Crippen LogP contribution in [0.4, 0.5) is 17.1 Å². The van der Waals surface area contributed by atoms with Gasteiger partial charge in [0.2, 0.25) is 0 Å². The average Bonchev–Trinajstić information content (AvgIpc) is 4.13. The number of amidine groups is 2. The molecule has 2 unspecified atom stereocenters. The Hall–Kier alpha value is -9.52. The van der Waals surface area contributed by atoms with Crippen molar-refractivity contribution in [1.29, 1.82) is 0 Å². The quantitative estimate of drug-likeness (QED) is 0.165. The van der Waals surface area contributed by atoms with E-state index in [1.165, 1.54) is 88.4 Å². The van der Waals surface area contributed by atoms with E-state index in [0.29, 0.717) is 0 Å². The molecule has 0 fully saturated rings. The van der Waals surface area contributed by atoms with Crippen LogP contribution >= 0.6 is 0 Å². The van der Waals surface area contributed by atoms with E-state index < -0.39 is 0 Å². The van der Waals surface area contributed by atoms with Gasteiger partial charge in [0.25, 0.3) is 0 Å². The molecule has 78 heavy (non-hydrogen) atoms. The fraction of sp³-hybridized carbons (Fsp3) is 0.111. The van der Waals surface area contributed by atoms with Gasteiger partial charge >= 0.3 is 0 Å². The Morgan fingerprint density at radius 1 is 0.500 bits per heavy atom. The van der Waals surface area contributed by atoms with Crippen LogP contribution in [0, 0.1) is 0 Å². The lowest BCUT2D eigenvalue weighted by molar-refractivity contribution is 0.632. The van der Waals surface area contributed by atoms with E-state index >= 15 is 0 Å². The SMILES string of the molecule is CC1(C)c2cc(-c3ccc4c(c3)c3ccccc3n4-c3ccccc3)ccc2N(c2ccc(C3=NC(C4=CC=CCC4)=NC(c4ccccc4)N3)cc2)c2ccc(-c3ccc4c(c3)c3ccccc3n4C3C=CC=CC3)cc21. The second kappa shape index (κ2) is 18.4. The molecule has 2 atom stereocenters. The lowest BCUT2D eigenvalue weighted by atomic mass is 9.72. The van der Waals surface area contributed by atoms with E-state index in [9.17, 15) is 0 Å². The molecule has 0 saturated carbocycles. The van der Waals surface area contributed by atoms with Gasteiger partial charge in [-0.05, 0) is 161 Å². The number of allylic oxidation sites excluding steroid dienone is 7. The molecule has 2 aliphatic carbocycles. The van der Waals surface area contributed by atoms with Gasteiger partial charge in [0.1, 0.15) is 12.0 Å². The summed E-state index contributed by atoms with van der Waals surface area (Å²) in [7, 11) is 0. The number of anilines is 3. The smallest absolute Gasteiger partial charge is 0.155 e. The van der Waals surface area contributed by atoms with Crippen molar-refractivity contribution in [2.75, 3.05) is 4.90 Å². The van der Waals surface area contributed by atoms with Crippen LogP contribution < -0.4 is 10.2 Å². The molecule has 4 heterocycles. The number of aliphatic imine (C=N–C) groups is 2. The number of benzene rings is 9. The number of nitrogens with zero attached hydrogens (tertiary/aromatic N) is 5. The van der Waals surface area contributed by atoms with Crippen LogP contribution in [0.25, 0.3) is 71.6 Å². The van der Waals surface area contributed by atoms with Crippen molar-refractivity contribution in [2.24, 2.45) is 9.98 Å². The molecule has 0 radical (unpaired) electrons. The molecule has 0 spiro atoms. The predicted molar refractivity (Wildman–Crippen MR) is 326 cm³/mol. The predicted octanol–water partition coefficient (Wildman–Crippen LogP) is 18.1. The van der Waals surface area contributed by atoms with Crippen LogP contribution in [0.3, 0.4) is 0 Å². The Kier molecular flexibility index (Phi) is 10.8. The van der Waals surface area contributed by atoms with Gasteiger partial charge in [-0.25, -0.2) is 9.98 Å². The third-order valence-electron chi connectivity index (χ3n) is 16.7. The standard InChI is InChI=1S/C72H56N6/c1-72(2)61-45-52(50-33-39-65-59(43-50)57-27-15-17-29-63(57)76(65)54-23-11-5-12-24-54)35-41-67(61)78(56-37-31-49(32-38-56)71-74-69(47-19-7-3-8-20-47)73-70(75-71)48-21-9-4-10-22-48)68-42-36-53(46-62(68)72)51-34-40-66-60(44-51)58-28-16-18-30-64(58)77(66)55-25-13-6-14-26-55/h3-9,11-21,23-25,27-46,55,69H,10,22,26H2,1-2H3,(H,73,74,75). The van der Waals surface area contributed by atoms with E-state index in [0.717, 1.165) is 59.0 Å². The third-order valence-corrected chi connectivity index (χ3v) is 16.7. The highest BCUT2D eigenvalue weighted by atomic mass is 15.2. The molecule has 15 rings (SSSR count). The summed E-state index contributed by atoms with van der Waals surface area (Å²) in [6.07, 6.45) is 18.1. The summed E-state index contributed by atoms with van der Waals surface area (Å²) in [5.41, 5.74) is 19.8. The van der Waals surface area contributed by atoms with Crippen molar-refractivity contribution in [2.45, 2.75) is 50.7 Å². The topological polar surface area (TPSA) is 49.9 Å². The van der Waals surface area contributed by atoms with Crippen molar-refractivity contribution < 1.29 is 0 Å². The molecule has 2 aromatic heterocycles. The zero-order valence-corrected chi connectivity index (χ0v) is 43.7. The molecule has 1 N–H and O–H groups in total. The molecule has 11 aromatic rings. The van der Waals surface area contributed by atoms with Gasteiger partial charge in [-0.3, -0.25) is 0 Å². The summed E-state index contributed by atoms with van der Waals surface area (Å²) < 4.78 is 4.92. The second-order valence-corrected chi connectivity index (χ2v) is 21.7. The maximum absolute atomic E-state index is 5.21. The van der Waals surface area contributed by atoms with Crippen LogP contribution in [0.15, 0.2) is 264 Å². The maximum atomic E-state index is 5.21. The molecule has 6 heteroatoms. The number of hydrogen-bond donors (Lipinski definition) is 1. The highest BCUT2D eigenvalue weighted by Gasteiger charge is 2.38. The van der Waals surface area contributed by atoms with Crippen molar-refractivity contribution >= 4 is 72.3 Å². The molecule has 4 aliphatic rings. The molecule has 9 aromatic carbocycles. The summed E-state index contributed by atoms with van der Waals surface area (Å²) in [6, 6.07) is 76.5. The number of aromatic nitrogens is 2. The van der Waals surface area contributed by atoms with E-state index in [4.69, 9.17) is 9.98 Å². The van der Waals surface area contributed by atoms with Crippen LogP contribution in [-0.2, 0) is 5.41 Å². The molecule has 374 valence electrons. The Morgan fingerprint density at radius 2 is 1.08 bits per heavy atom. The summed E-state index contributed by atoms with van der Waals surface area (Å²) in [4.78, 5) is 12.8. The van der Waals surface area contributed by atoms with Crippen molar-refractivity contribution in [3.8, 4) is 27.9 Å². The summed E-state index contributed by atoms with van der Waals surface area (Å²) in [6.45, 7) is 4.82. The molecular weight excluding hydrogens is 949 g/mol. The number of rotatable bonds is 8. The minimum Gasteiger partial charge on any atom is -0.344 e. The lowest BCUT2D eigenvalue weighted by Gasteiger charge is -2.42. The van der Waals surface area contributed by atoms with E-state index in [-0.39, 0.29) is 17.6 Å². The first-order valence-electron chi connectivity index (χ1n) is 27.4. The Bertz CT molecular complexity index is 4410. The minimum absolute atomic E-state index is 0.249. The van der Waals surface area contributed by atoms with Crippen LogP contribution in [0.2, 0.25) is 0 Å². The molecule has 0 amide bonds. The average molecular weight is 1010 g/mol. The first-order chi connectivity index (χ1) is 38.4. The van der Waals surface area contributed by atoms with Crippen LogP contribution in [0.1, 0.15) is 67.6 Å². The second-order valence-electron chi connectivity index (χ2n) is 21.7.